The van der Waals surface area contributed by atoms with Crippen LogP contribution < -0.4 is 14.4 Å². The van der Waals surface area contributed by atoms with Crippen LogP contribution in [0, 0.1) is 0 Å². The van der Waals surface area contributed by atoms with Crippen molar-refractivity contribution in [2.75, 3.05) is 22.9 Å². The van der Waals surface area contributed by atoms with Crippen molar-refractivity contribution in [3.63, 3.8) is 0 Å². The van der Waals surface area contributed by atoms with E-state index in [0.717, 1.165) is 66.8 Å². The highest BCUT2D eigenvalue weighted by Crippen LogP contribution is 2.46. The van der Waals surface area contributed by atoms with Crippen LogP contribution in [-0.2, 0) is 29.5 Å². The number of imidazole rings is 1. The Labute approximate surface area is 268 Å². The fourth-order valence-corrected chi connectivity index (χ4v) is 8.19. The van der Waals surface area contributed by atoms with Crippen molar-refractivity contribution in [3.8, 4) is 0 Å². The van der Waals surface area contributed by atoms with Crippen LogP contribution in [0.5, 0.6) is 0 Å². The van der Waals surface area contributed by atoms with Crippen LogP contribution in [0.4, 0.5) is 11.4 Å². The first-order valence-corrected chi connectivity index (χ1v) is 17.6. The van der Waals surface area contributed by atoms with Gasteiger partial charge in [-0.2, -0.15) is 8.42 Å². The van der Waals surface area contributed by atoms with Crippen molar-refractivity contribution < 1.29 is 17.5 Å². The van der Waals surface area contributed by atoms with Crippen LogP contribution in [-0.4, -0.2) is 35.9 Å². The van der Waals surface area contributed by atoms with Crippen molar-refractivity contribution in [2.24, 2.45) is 0 Å². The Kier molecular flexibility index (Phi) is 9.63. The third-order valence-electron chi connectivity index (χ3n) is 8.56. The van der Waals surface area contributed by atoms with Gasteiger partial charge in [-0.15, -0.1) is 0 Å². The Hall–Kier alpha value is -1.68. The molecule has 1 N–H and O–H groups in total. The van der Waals surface area contributed by atoms with Gasteiger partial charge in [-0.1, -0.05) is 72.2 Å². The molecule has 228 valence electrons. The molecule has 0 amide bonds. The molecule has 3 aliphatic rings. The van der Waals surface area contributed by atoms with Crippen molar-refractivity contribution in [2.45, 2.75) is 83.6 Å². The predicted molar refractivity (Wildman–Crippen MR) is 174 cm³/mol. The summed E-state index contributed by atoms with van der Waals surface area (Å²) in [6, 6.07) is 3.49. The van der Waals surface area contributed by atoms with E-state index in [4.69, 9.17) is 46.4 Å². The van der Waals surface area contributed by atoms with Gasteiger partial charge in [0, 0.05) is 29.2 Å². The summed E-state index contributed by atoms with van der Waals surface area (Å²) in [5.41, 5.74) is 4.02. The van der Waals surface area contributed by atoms with Gasteiger partial charge in [-0.3, -0.25) is 4.55 Å². The molecule has 0 saturated heterocycles. The largest absolute Gasteiger partial charge is 0.326 e. The first-order chi connectivity index (χ1) is 20.0. The van der Waals surface area contributed by atoms with Gasteiger partial charge in [0.25, 0.3) is 15.9 Å². The second-order valence-corrected chi connectivity index (χ2v) is 14.3. The number of nitrogens with zero attached hydrogens (tertiary/aromatic N) is 4. The molecule has 1 aromatic heterocycles. The molecule has 2 unspecified atom stereocenters. The van der Waals surface area contributed by atoms with Crippen LogP contribution in [0.1, 0.15) is 76.1 Å². The van der Waals surface area contributed by atoms with Gasteiger partial charge < -0.3 is 9.80 Å². The van der Waals surface area contributed by atoms with E-state index in [2.05, 4.69) is 45.8 Å². The molecule has 12 heteroatoms. The van der Waals surface area contributed by atoms with E-state index in [1.54, 1.807) is 0 Å². The summed E-state index contributed by atoms with van der Waals surface area (Å²) in [6.07, 6.45) is 11.4. The average Bonchev–Trinajstić information content (AvgIpc) is 3.34. The molecule has 2 aliphatic carbocycles. The van der Waals surface area contributed by atoms with E-state index >= 15 is 0 Å². The zero-order chi connectivity index (χ0) is 30.3. The Morgan fingerprint density at radius 3 is 2.21 bits per heavy atom. The number of anilines is 2. The van der Waals surface area contributed by atoms with Crippen molar-refractivity contribution in [1.82, 2.24) is 4.57 Å². The maximum atomic E-state index is 12.2. The number of hydrogen-bond donors (Lipinski definition) is 1. The van der Waals surface area contributed by atoms with Gasteiger partial charge in [0.05, 0.1) is 40.8 Å². The Balaban J connectivity index is 1.60. The standard InChI is InChI=1S/C30H36Cl4N4O3S/c1-4-7-8-14-37-25-16-20(32)19(31)15-24(25)35(5-2)29(37)10-9-11-30-36(6-3)26-17-21(33)22(34)18-27(26)38(30)23-12-13-28(23)42(39,40)41/h9-11,15-16,23,28H,4-8,12-14,17-18H2,1-3H3/p+1. The summed E-state index contributed by atoms with van der Waals surface area (Å²) < 4.78 is 38.7. The fraction of sp³-hybridized carbons (Fsp3) is 0.500. The number of fused-ring (bicyclic) bond motifs is 2. The summed E-state index contributed by atoms with van der Waals surface area (Å²) in [5, 5.41) is 1.35. The highest BCUT2D eigenvalue weighted by atomic mass is 35.5. The van der Waals surface area contributed by atoms with E-state index in [-0.39, 0.29) is 6.04 Å². The molecule has 1 fully saturated rings. The minimum absolute atomic E-state index is 0.382. The van der Waals surface area contributed by atoms with Crippen LogP contribution in [0.25, 0.3) is 6.08 Å². The zero-order valence-electron chi connectivity index (χ0n) is 24.1. The molecule has 0 radical (unpaired) electrons. The summed E-state index contributed by atoms with van der Waals surface area (Å²) in [7, 11) is -4.20. The Morgan fingerprint density at radius 2 is 1.64 bits per heavy atom. The number of aromatic nitrogens is 2. The molecule has 42 heavy (non-hydrogen) atoms. The number of unbranched alkanes of at least 4 members (excludes halogenated alkanes) is 2. The quantitative estimate of drug-likeness (QED) is 0.158. The molecule has 7 nitrogen and oxygen atoms in total. The number of allylic oxidation sites excluding steroid dienone is 4. The third kappa shape index (κ3) is 5.75. The van der Waals surface area contributed by atoms with Gasteiger partial charge in [-0.25, -0.2) is 9.13 Å². The lowest BCUT2D eigenvalue weighted by Gasteiger charge is -2.32. The number of benzene rings is 1. The van der Waals surface area contributed by atoms with Crippen LogP contribution in [0.3, 0.4) is 0 Å². The summed E-state index contributed by atoms with van der Waals surface area (Å²) in [6.45, 7) is 8.61. The molecule has 1 aliphatic heterocycles. The third-order valence-corrected chi connectivity index (χ3v) is 11.4. The Morgan fingerprint density at radius 1 is 0.976 bits per heavy atom. The van der Waals surface area contributed by atoms with Crippen LogP contribution in [0.2, 0.25) is 10.0 Å². The molecule has 1 aromatic carbocycles. The fourth-order valence-electron chi connectivity index (χ4n) is 6.40. The lowest BCUT2D eigenvalue weighted by Crippen LogP contribution is -2.43. The molecular weight excluding hydrogens is 638 g/mol. The number of rotatable bonds is 10. The SMILES string of the molecule is CCCCCN1C(=CC=Cc2n(C3CCC3S(=O)(=O)O)c3c([n+]2CC)CC(Cl)=C(Cl)C3)N(CC)c2cc(Cl)c(Cl)cc21. The van der Waals surface area contributed by atoms with E-state index in [9.17, 15) is 13.0 Å². The number of hydrogen-bond acceptors (Lipinski definition) is 4. The van der Waals surface area contributed by atoms with E-state index in [0.29, 0.717) is 52.3 Å². The van der Waals surface area contributed by atoms with E-state index < -0.39 is 15.4 Å². The molecular formula is C30H37Cl4N4O3S+. The second kappa shape index (κ2) is 12.7. The summed E-state index contributed by atoms with van der Waals surface area (Å²) >= 11 is 25.9. The van der Waals surface area contributed by atoms with Gasteiger partial charge in [0.15, 0.2) is 11.4 Å². The minimum Gasteiger partial charge on any atom is -0.326 e. The number of halogens is 4. The van der Waals surface area contributed by atoms with Gasteiger partial charge in [0.2, 0.25) is 0 Å². The van der Waals surface area contributed by atoms with Gasteiger partial charge in [-0.05, 0) is 51.3 Å². The molecule has 2 aromatic rings. The first kappa shape index (κ1) is 31.7. The molecule has 2 atom stereocenters. The van der Waals surface area contributed by atoms with Crippen molar-refractivity contribution >= 4 is 74.0 Å². The molecule has 0 spiro atoms. The molecule has 2 heterocycles. The highest BCUT2D eigenvalue weighted by molar-refractivity contribution is 7.86. The maximum Gasteiger partial charge on any atom is 0.282 e. The normalized spacial score (nSPS) is 21.5. The minimum atomic E-state index is -4.20. The van der Waals surface area contributed by atoms with Crippen molar-refractivity contribution in [3.05, 3.63) is 67.4 Å². The lowest BCUT2D eigenvalue weighted by molar-refractivity contribution is -0.701. The smallest absolute Gasteiger partial charge is 0.282 e. The van der Waals surface area contributed by atoms with E-state index in [1.165, 1.54) is 0 Å². The maximum absolute atomic E-state index is 12.2. The van der Waals surface area contributed by atoms with Crippen molar-refractivity contribution in [1.29, 1.82) is 0 Å². The van der Waals surface area contributed by atoms with Crippen LogP contribution in [0.15, 0.2) is 40.2 Å². The van der Waals surface area contributed by atoms with E-state index in [1.807, 2.05) is 24.3 Å². The zero-order valence-corrected chi connectivity index (χ0v) is 27.9. The highest BCUT2D eigenvalue weighted by Gasteiger charge is 2.48. The van der Waals surface area contributed by atoms with Crippen LogP contribution >= 0.6 is 46.4 Å². The Bertz CT molecular complexity index is 1580. The second-order valence-electron chi connectivity index (χ2n) is 11.0. The first-order valence-electron chi connectivity index (χ1n) is 14.6. The summed E-state index contributed by atoms with van der Waals surface area (Å²) in [5.74, 6) is 1.88. The monoisotopic (exact) mass is 673 g/mol. The average molecular weight is 676 g/mol. The summed E-state index contributed by atoms with van der Waals surface area (Å²) in [4.78, 5) is 4.53. The molecule has 1 saturated carbocycles. The predicted octanol–water partition coefficient (Wildman–Crippen LogP) is 7.87. The molecule has 0 bridgehead atoms. The lowest BCUT2D eigenvalue weighted by atomic mass is 9.91. The molecule has 5 rings (SSSR count). The van der Waals surface area contributed by atoms with Gasteiger partial charge >= 0.3 is 0 Å². The van der Waals surface area contributed by atoms with Gasteiger partial charge in [0.1, 0.15) is 17.1 Å². The topological polar surface area (TPSA) is 69.7 Å².